The number of hydrogen-bond acceptors (Lipinski definition) is 8. The summed E-state index contributed by atoms with van der Waals surface area (Å²) in [7, 11) is -6.85. The highest BCUT2D eigenvalue weighted by molar-refractivity contribution is 9.10. The lowest BCUT2D eigenvalue weighted by Crippen LogP contribution is -2.48. The van der Waals surface area contributed by atoms with Crippen LogP contribution in [0.5, 0.6) is 0 Å². The van der Waals surface area contributed by atoms with Crippen molar-refractivity contribution in [1.29, 1.82) is 0 Å². The Morgan fingerprint density at radius 2 is 1.68 bits per heavy atom. The van der Waals surface area contributed by atoms with Crippen molar-refractivity contribution in [3.63, 3.8) is 0 Å². The number of nitrogens with one attached hydrogen (secondary N) is 1. The molecule has 41 heavy (non-hydrogen) atoms. The number of benzene rings is 1. The molecule has 0 atom stereocenters. The summed E-state index contributed by atoms with van der Waals surface area (Å²) in [6.45, 7) is 4.27. The van der Waals surface area contributed by atoms with Gasteiger partial charge in [0.25, 0.3) is 0 Å². The summed E-state index contributed by atoms with van der Waals surface area (Å²) in [4.78, 5) is 17.9. The molecule has 2 N–H and O–H groups in total. The normalized spacial score (nSPS) is 20.1. The summed E-state index contributed by atoms with van der Waals surface area (Å²) in [6.07, 6.45) is -0.244. The van der Waals surface area contributed by atoms with E-state index in [9.17, 15) is 30.0 Å². The van der Waals surface area contributed by atoms with Gasteiger partial charge >= 0.3 is 12.1 Å². The molecule has 2 fully saturated rings. The number of alkyl halides is 3. The molecule has 0 amide bonds. The van der Waals surface area contributed by atoms with Crippen molar-refractivity contribution < 1.29 is 39.9 Å². The lowest BCUT2D eigenvalue weighted by atomic mass is 9.85. The standard InChI is InChI=1S/C23H31BrN4O4S2.C2HF3O2/c1-33(29,30)21-13-19(14-21)16-26-34(31,32)22-15-20(24)17-25-23(22)28-11-9-27(10-12-28)8-7-18-5-3-2-4-6-18;3-2(4,5)1(6)7/h2-6,15,17,19,21,26H,7-14,16H2,1H3;(H,6,7). The number of aromatic nitrogens is 1. The molecule has 2 aromatic rings. The molecule has 0 unspecified atom stereocenters. The van der Waals surface area contributed by atoms with Gasteiger partial charge in [-0.25, -0.2) is 31.3 Å². The Bertz CT molecular complexity index is 1400. The van der Waals surface area contributed by atoms with Crippen LogP contribution in [0.4, 0.5) is 19.0 Å². The van der Waals surface area contributed by atoms with Gasteiger partial charge in [-0.3, -0.25) is 4.90 Å². The maximum absolute atomic E-state index is 13.2. The molecule has 1 aromatic heterocycles. The topological polar surface area (TPSA) is 137 Å². The second kappa shape index (κ2) is 13.8. The van der Waals surface area contributed by atoms with Gasteiger partial charge in [-0.05, 0) is 52.7 Å². The minimum Gasteiger partial charge on any atom is -0.475 e. The van der Waals surface area contributed by atoms with Gasteiger partial charge in [-0.15, -0.1) is 0 Å². The number of pyridine rings is 1. The molecule has 1 aromatic carbocycles. The van der Waals surface area contributed by atoms with Gasteiger partial charge in [0.1, 0.15) is 20.6 Å². The van der Waals surface area contributed by atoms with Crippen molar-refractivity contribution in [2.24, 2.45) is 5.92 Å². The molecule has 228 valence electrons. The highest BCUT2D eigenvalue weighted by atomic mass is 79.9. The second-order valence-electron chi connectivity index (χ2n) is 9.98. The lowest BCUT2D eigenvalue weighted by Gasteiger charge is -2.36. The molecule has 1 saturated heterocycles. The number of sulfonamides is 1. The first-order valence-corrected chi connectivity index (χ1v) is 16.9. The van der Waals surface area contributed by atoms with Crippen LogP contribution >= 0.6 is 15.9 Å². The van der Waals surface area contributed by atoms with E-state index in [1.165, 1.54) is 11.8 Å². The number of carboxylic acids is 1. The van der Waals surface area contributed by atoms with Gasteiger partial charge in [0.05, 0.1) is 5.25 Å². The number of anilines is 1. The summed E-state index contributed by atoms with van der Waals surface area (Å²) in [5.74, 6) is -2.26. The van der Waals surface area contributed by atoms with Crippen LogP contribution in [0, 0.1) is 5.92 Å². The second-order valence-corrected chi connectivity index (χ2v) is 15.0. The third-order valence-electron chi connectivity index (χ3n) is 6.92. The molecule has 2 aliphatic rings. The highest BCUT2D eigenvalue weighted by Gasteiger charge is 2.38. The van der Waals surface area contributed by atoms with Crippen LogP contribution in [0.2, 0.25) is 0 Å². The largest absolute Gasteiger partial charge is 0.490 e. The van der Waals surface area contributed by atoms with Gasteiger partial charge in [-0.1, -0.05) is 30.3 Å². The van der Waals surface area contributed by atoms with E-state index in [-0.39, 0.29) is 22.6 Å². The van der Waals surface area contributed by atoms with E-state index in [2.05, 4.69) is 54.8 Å². The summed E-state index contributed by atoms with van der Waals surface area (Å²) < 4.78 is 84.6. The number of sulfone groups is 1. The van der Waals surface area contributed by atoms with Crippen molar-refractivity contribution in [1.82, 2.24) is 14.6 Å². The predicted octanol–water partition coefficient (Wildman–Crippen LogP) is 2.94. The summed E-state index contributed by atoms with van der Waals surface area (Å²) in [5.41, 5.74) is 1.31. The molecule has 0 spiro atoms. The SMILES string of the molecule is CS(=O)(=O)C1CC(CNS(=O)(=O)c2cc(Br)cnc2N2CCN(CCc3ccccc3)CC2)C1.O=C(O)C(F)(F)F. The van der Waals surface area contributed by atoms with E-state index in [0.717, 1.165) is 26.1 Å². The van der Waals surface area contributed by atoms with Crippen LogP contribution in [-0.4, -0.2) is 94.7 Å². The summed E-state index contributed by atoms with van der Waals surface area (Å²) in [5, 5.41) is 6.77. The average Bonchev–Trinajstić information content (AvgIpc) is 2.86. The Hall–Kier alpha value is -2.27. The van der Waals surface area contributed by atoms with Crippen molar-refractivity contribution in [3.8, 4) is 0 Å². The monoisotopic (exact) mass is 684 g/mol. The zero-order chi connectivity index (χ0) is 30.4. The van der Waals surface area contributed by atoms with Crippen molar-refractivity contribution in [3.05, 3.63) is 52.6 Å². The highest BCUT2D eigenvalue weighted by Crippen LogP contribution is 2.33. The molecular weight excluding hydrogens is 653 g/mol. The van der Waals surface area contributed by atoms with Gasteiger partial charge in [0.2, 0.25) is 10.0 Å². The first-order valence-electron chi connectivity index (χ1n) is 12.7. The van der Waals surface area contributed by atoms with Crippen molar-refractivity contribution >= 4 is 47.6 Å². The quantitative estimate of drug-likeness (QED) is 0.409. The number of halogens is 4. The van der Waals surface area contributed by atoms with Gasteiger partial charge in [0.15, 0.2) is 0 Å². The van der Waals surface area contributed by atoms with E-state index in [0.29, 0.717) is 36.2 Å². The Morgan fingerprint density at radius 1 is 1.10 bits per heavy atom. The van der Waals surface area contributed by atoms with E-state index < -0.39 is 32.0 Å². The molecule has 10 nitrogen and oxygen atoms in total. The number of aliphatic carboxylic acids is 1. The van der Waals surface area contributed by atoms with Crippen LogP contribution in [0.15, 0.2) is 52.0 Å². The summed E-state index contributed by atoms with van der Waals surface area (Å²) >= 11 is 3.35. The van der Waals surface area contributed by atoms with E-state index in [4.69, 9.17) is 9.90 Å². The number of carboxylic acid groups (broad SMARTS) is 1. The third kappa shape index (κ3) is 9.91. The van der Waals surface area contributed by atoms with E-state index in [1.807, 2.05) is 11.0 Å². The molecule has 0 radical (unpaired) electrons. The molecular formula is C25H32BrF3N4O6S2. The van der Waals surface area contributed by atoms with Crippen LogP contribution < -0.4 is 9.62 Å². The molecule has 1 aliphatic heterocycles. The molecule has 16 heteroatoms. The fraction of sp³-hybridized carbons (Fsp3) is 0.520. The summed E-state index contributed by atoms with van der Waals surface area (Å²) in [6, 6.07) is 12.0. The predicted molar refractivity (Wildman–Crippen MR) is 151 cm³/mol. The number of hydrogen-bond donors (Lipinski definition) is 2. The Balaban J connectivity index is 0.000000587. The number of carbonyl (C=O) groups is 1. The fourth-order valence-corrected chi connectivity index (χ4v) is 7.50. The van der Waals surface area contributed by atoms with E-state index >= 15 is 0 Å². The Kier molecular flexibility index (Phi) is 11.2. The van der Waals surface area contributed by atoms with Crippen LogP contribution in [0.3, 0.4) is 0 Å². The Morgan fingerprint density at radius 3 is 2.22 bits per heavy atom. The van der Waals surface area contributed by atoms with Gasteiger partial charge in [-0.2, -0.15) is 13.2 Å². The number of rotatable bonds is 9. The maximum Gasteiger partial charge on any atom is 0.490 e. The first-order chi connectivity index (χ1) is 19.1. The first kappa shape index (κ1) is 33.2. The third-order valence-corrected chi connectivity index (χ3v) is 10.4. The zero-order valence-electron chi connectivity index (χ0n) is 22.2. The molecule has 0 bridgehead atoms. The smallest absolute Gasteiger partial charge is 0.475 e. The number of nitrogens with zero attached hydrogens (tertiary/aromatic N) is 3. The maximum atomic E-state index is 13.2. The van der Waals surface area contributed by atoms with Crippen molar-refractivity contribution in [2.45, 2.75) is 35.6 Å². The Labute approximate surface area is 246 Å². The molecule has 2 heterocycles. The minimum atomic E-state index is -5.08. The number of piperazine rings is 1. The van der Waals surface area contributed by atoms with Crippen LogP contribution in [0.1, 0.15) is 18.4 Å². The van der Waals surface area contributed by atoms with Crippen molar-refractivity contribution in [2.75, 3.05) is 50.4 Å². The minimum absolute atomic E-state index is 0.0335. The molecule has 4 rings (SSSR count). The van der Waals surface area contributed by atoms with Gasteiger partial charge in [0, 0.05) is 56.2 Å². The zero-order valence-corrected chi connectivity index (χ0v) is 25.4. The van der Waals surface area contributed by atoms with Crippen LogP contribution in [-0.2, 0) is 31.1 Å². The lowest BCUT2D eigenvalue weighted by molar-refractivity contribution is -0.192. The van der Waals surface area contributed by atoms with E-state index in [1.54, 1.807) is 12.3 Å². The molecule has 1 saturated carbocycles. The van der Waals surface area contributed by atoms with Crippen LogP contribution in [0.25, 0.3) is 0 Å². The average molecular weight is 686 g/mol. The fourth-order valence-electron chi connectivity index (χ4n) is 4.46. The molecule has 1 aliphatic carbocycles. The van der Waals surface area contributed by atoms with Gasteiger partial charge < -0.3 is 10.0 Å².